The van der Waals surface area contributed by atoms with Gasteiger partial charge in [0.2, 0.25) is 0 Å². The third kappa shape index (κ3) is 2.56. The fourth-order valence-corrected chi connectivity index (χ4v) is 10.4. The maximum absolute atomic E-state index is 6.85. The maximum atomic E-state index is 6.85. The Kier molecular flexibility index (Phi) is 3.98. The lowest BCUT2D eigenvalue weighted by Gasteiger charge is -2.65. The van der Waals surface area contributed by atoms with Crippen molar-refractivity contribution in [3.63, 3.8) is 0 Å². The molecule has 1 spiro atoms. The second-order valence-electron chi connectivity index (χ2n) is 12.4. The predicted octanol–water partition coefficient (Wildman–Crippen LogP) is 7.03. The summed E-state index contributed by atoms with van der Waals surface area (Å²) in [6, 6.07) is 0. The van der Waals surface area contributed by atoms with E-state index in [0.717, 1.165) is 17.8 Å². The zero-order valence-corrected chi connectivity index (χ0v) is 19.0. The summed E-state index contributed by atoms with van der Waals surface area (Å²) in [6.07, 6.45) is 13.1. The van der Waals surface area contributed by atoms with E-state index in [0.29, 0.717) is 16.2 Å². The van der Waals surface area contributed by atoms with Crippen molar-refractivity contribution in [2.75, 3.05) is 0 Å². The summed E-state index contributed by atoms with van der Waals surface area (Å²) >= 11 is 0. The van der Waals surface area contributed by atoms with Crippen molar-refractivity contribution >= 4 is 8.32 Å². The van der Waals surface area contributed by atoms with E-state index >= 15 is 0 Å². The zero-order chi connectivity index (χ0) is 18.3. The summed E-state index contributed by atoms with van der Waals surface area (Å²) < 4.78 is 6.85. The molecule has 2 heteroatoms. The predicted molar refractivity (Wildman–Crippen MR) is 109 cm³/mol. The molecular formula is C23H42OSi. The molecule has 4 aliphatic rings. The highest BCUT2D eigenvalue weighted by molar-refractivity contribution is 6.69. The van der Waals surface area contributed by atoms with Gasteiger partial charge >= 0.3 is 0 Å². The van der Waals surface area contributed by atoms with Gasteiger partial charge in [-0.15, -0.1) is 0 Å². The summed E-state index contributed by atoms with van der Waals surface area (Å²) in [5.41, 5.74) is 1.96. The Labute approximate surface area is 157 Å². The average Bonchev–Trinajstić information content (AvgIpc) is 2.79. The molecule has 4 saturated carbocycles. The molecule has 4 rings (SSSR count). The van der Waals surface area contributed by atoms with E-state index in [1.165, 1.54) is 57.8 Å². The molecule has 4 fully saturated rings. The minimum Gasteiger partial charge on any atom is -0.412 e. The lowest BCUT2D eigenvalue weighted by molar-refractivity contribution is -0.169. The molecule has 25 heavy (non-hydrogen) atoms. The van der Waals surface area contributed by atoms with Crippen molar-refractivity contribution in [2.45, 2.75) is 111 Å². The van der Waals surface area contributed by atoms with Gasteiger partial charge in [0.15, 0.2) is 8.32 Å². The molecular weight excluding hydrogens is 320 g/mol. The Hall–Kier alpha value is 0.177. The molecule has 0 amide bonds. The van der Waals surface area contributed by atoms with E-state index in [1.807, 2.05) is 0 Å². The second kappa shape index (κ2) is 5.37. The first kappa shape index (κ1) is 18.5. The molecule has 0 heterocycles. The SMILES string of the molecule is CC1(C)CCC[C@@]2(C)[C@H]1CC[C@H]1C[C@@H]3C[C@@]12CC[C@@]3(C)O[Si](C)(C)C. The number of rotatable bonds is 2. The summed E-state index contributed by atoms with van der Waals surface area (Å²) in [7, 11) is -1.48. The summed E-state index contributed by atoms with van der Waals surface area (Å²) in [4.78, 5) is 0. The molecule has 0 N–H and O–H groups in total. The Balaban J connectivity index is 1.67. The molecule has 0 aromatic rings. The van der Waals surface area contributed by atoms with Gasteiger partial charge in [-0.05, 0) is 112 Å². The summed E-state index contributed by atoms with van der Waals surface area (Å²) in [5.74, 6) is 2.75. The number of hydrogen-bond donors (Lipinski definition) is 0. The molecule has 0 saturated heterocycles. The van der Waals surface area contributed by atoms with E-state index in [-0.39, 0.29) is 5.60 Å². The first-order chi connectivity index (χ1) is 11.4. The van der Waals surface area contributed by atoms with Gasteiger partial charge in [-0.1, -0.05) is 27.2 Å². The van der Waals surface area contributed by atoms with Gasteiger partial charge in [0.25, 0.3) is 0 Å². The first-order valence-electron chi connectivity index (χ1n) is 11.1. The van der Waals surface area contributed by atoms with Crippen LogP contribution in [0.15, 0.2) is 0 Å². The summed E-state index contributed by atoms with van der Waals surface area (Å²) in [6.45, 7) is 17.5. The van der Waals surface area contributed by atoms with Gasteiger partial charge in [0.1, 0.15) is 0 Å². The van der Waals surface area contributed by atoms with E-state index in [1.54, 1.807) is 0 Å². The first-order valence-corrected chi connectivity index (χ1v) is 14.5. The van der Waals surface area contributed by atoms with Crippen LogP contribution in [0.4, 0.5) is 0 Å². The smallest absolute Gasteiger partial charge is 0.184 e. The summed E-state index contributed by atoms with van der Waals surface area (Å²) in [5, 5.41) is 0. The molecule has 1 nitrogen and oxygen atoms in total. The largest absolute Gasteiger partial charge is 0.412 e. The molecule has 0 unspecified atom stereocenters. The van der Waals surface area contributed by atoms with Gasteiger partial charge in [-0.25, -0.2) is 0 Å². The minimum absolute atomic E-state index is 0.170. The van der Waals surface area contributed by atoms with Crippen LogP contribution in [0.25, 0.3) is 0 Å². The average molecular weight is 363 g/mol. The molecule has 6 atom stereocenters. The highest BCUT2D eigenvalue weighted by atomic mass is 28.4. The Bertz CT molecular complexity index is 549. The molecule has 0 aromatic heterocycles. The van der Waals surface area contributed by atoms with Crippen LogP contribution in [0.2, 0.25) is 19.6 Å². The van der Waals surface area contributed by atoms with Crippen LogP contribution >= 0.6 is 0 Å². The molecule has 4 aliphatic carbocycles. The van der Waals surface area contributed by atoms with Crippen LogP contribution < -0.4 is 0 Å². The van der Waals surface area contributed by atoms with Crippen LogP contribution in [0.1, 0.15) is 85.5 Å². The number of hydrogen-bond acceptors (Lipinski definition) is 1. The highest BCUT2D eigenvalue weighted by Crippen LogP contribution is 2.75. The van der Waals surface area contributed by atoms with E-state index in [4.69, 9.17) is 4.43 Å². The Morgan fingerprint density at radius 1 is 0.840 bits per heavy atom. The van der Waals surface area contributed by atoms with Crippen LogP contribution in [0, 0.1) is 34.0 Å². The topological polar surface area (TPSA) is 9.23 Å². The second-order valence-corrected chi connectivity index (χ2v) is 16.8. The van der Waals surface area contributed by atoms with Crippen molar-refractivity contribution < 1.29 is 4.43 Å². The van der Waals surface area contributed by atoms with Crippen LogP contribution in [-0.2, 0) is 4.43 Å². The maximum Gasteiger partial charge on any atom is 0.184 e. The van der Waals surface area contributed by atoms with Gasteiger partial charge in [-0.2, -0.15) is 0 Å². The van der Waals surface area contributed by atoms with Crippen molar-refractivity contribution in [1.29, 1.82) is 0 Å². The third-order valence-electron chi connectivity index (χ3n) is 9.60. The van der Waals surface area contributed by atoms with E-state index in [9.17, 15) is 0 Å². The molecule has 2 bridgehead atoms. The molecule has 144 valence electrons. The molecule has 0 radical (unpaired) electrons. The van der Waals surface area contributed by atoms with Crippen molar-refractivity contribution in [1.82, 2.24) is 0 Å². The molecule has 0 aliphatic heterocycles. The van der Waals surface area contributed by atoms with Crippen LogP contribution in [-0.4, -0.2) is 13.9 Å². The number of fused-ring (bicyclic) bond motifs is 2. The van der Waals surface area contributed by atoms with Crippen molar-refractivity contribution in [3.05, 3.63) is 0 Å². The monoisotopic (exact) mass is 362 g/mol. The zero-order valence-electron chi connectivity index (χ0n) is 18.0. The Morgan fingerprint density at radius 3 is 2.24 bits per heavy atom. The fourth-order valence-electron chi connectivity index (χ4n) is 8.71. The van der Waals surface area contributed by atoms with E-state index in [2.05, 4.69) is 47.3 Å². The molecule has 0 aromatic carbocycles. The quantitative estimate of drug-likeness (QED) is 0.479. The van der Waals surface area contributed by atoms with Gasteiger partial charge in [0, 0.05) is 0 Å². The fraction of sp³-hybridized carbons (Fsp3) is 1.00. The normalized spacial score (nSPS) is 51.7. The standard InChI is InChI=1S/C23H42OSi/c1-20(2)11-8-12-21(3)19(20)10-9-17-15-18-16-23(17,21)14-13-22(18,4)24-25(5,6)7/h17-19H,8-16H2,1-7H3/t17-,18+,19-,21-,22+,23-/m0/s1. The lowest BCUT2D eigenvalue weighted by Crippen LogP contribution is -2.59. The van der Waals surface area contributed by atoms with Crippen LogP contribution in [0.3, 0.4) is 0 Å². The minimum atomic E-state index is -1.48. The van der Waals surface area contributed by atoms with Gasteiger partial charge < -0.3 is 4.43 Å². The van der Waals surface area contributed by atoms with Crippen LogP contribution in [0.5, 0.6) is 0 Å². The lowest BCUT2D eigenvalue weighted by atomic mass is 9.40. The van der Waals surface area contributed by atoms with E-state index < -0.39 is 8.32 Å². The Morgan fingerprint density at radius 2 is 1.56 bits per heavy atom. The highest BCUT2D eigenvalue weighted by Gasteiger charge is 2.68. The van der Waals surface area contributed by atoms with Crippen molar-refractivity contribution in [2.24, 2.45) is 34.0 Å². The van der Waals surface area contributed by atoms with Crippen molar-refractivity contribution in [3.8, 4) is 0 Å². The van der Waals surface area contributed by atoms with Gasteiger partial charge in [-0.3, -0.25) is 0 Å². The van der Waals surface area contributed by atoms with Gasteiger partial charge in [0.05, 0.1) is 5.60 Å². The third-order valence-corrected chi connectivity index (χ3v) is 10.7.